The van der Waals surface area contributed by atoms with Crippen LogP contribution in [0, 0.1) is 5.82 Å². The van der Waals surface area contributed by atoms with Crippen molar-refractivity contribution in [2.75, 3.05) is 39.8 Å². The molecule has 1 fully saturated rings. The van der Waals surface area contributed by atoms with E-state index in [1.807, 2.05) is 0 Å². The SMILES string of the molecule is COc1ccc(S(=O)(=O)N(CCC(=O)N2CCNCC2)Cc2ccc(F)cc2)cc1. The molecule has 0 saturated carbocycles. The van der Waals surface area contributed by atoms with E-state index >= 15 is 0 Å². The highest BCUT2D eigenvalue weighted by molar-refractivity contribution is 7.89. The van der Waals surface area contributed by atoms with E-state index in [1.54, 1.807) is 29.2 Å². The molecule has 0 unspecified atom stereocenters. The third-order valence-corrected chi connectivity index (χ3v) is 6.87. The molecule has 1 amide bonds. The fourth-order valence-electron chi connectivity index (χ4n) is 3.27. The number of carbonyl (C=O) groups excluding carboxylic acids is 1. The summed E-state index contributed by atoms with van der Waals surface area (Å²) in [4.78, 5) is 14.4. The number of methoxy groups -OCH3 is 1. The van der Waals surface area contributed by atoms with Crippen LogP contribution in [0.3, 0.4) is 0 Å². The van der Waals surface area contributed by atoms with Gasteiger partial charge < -0.3 is 15.0 Å². The molecule has 1 N–H and O–H groups in total. The van der Waals surface area contributed by atoms with Crippen LogP contribution in [0.15, 0.2) is 53.4 Å². The molecule has 0 aliphatic carbocycles. The van der Waals surface area contributed by atoms with Crippen molar-refractivity contribution in [2.24, 2.45) is 0 Å². The molecule has 1 saturated heterocycles. The summed E-state index contributed by atoms with van der Waals surface area (Å²) in [5, 5.41) is 3.19. The Bertz CT molecular complexity index is 943. The number of ether oxygens (including phenoxy) is 1. The summed E-state index contributed by atoms with van der Waals surface area (Å²) >= 11 is 0. The predicted molar refractivity (Wildman–Crippen MR) is 111 cm³/mol. The van der Waals surface area contributed by atoms with Crippen molar-refractivity contribution in [3.05, 3.63) is 59.9 Å². The number of sulfonamides is 1. The molecule has 0 atom stereocenters. The van der Waals surface area contributed by atoms with Crippen LogP contribution in [0.2, 0.25) is 0 Å². The maximum Gasteiger partial charge on any atom is 0.243 e. The second-order valence-electron chi connectivity index (χ2n) is 7.02. The molecule has 30 heavy (non-hydrogen) atoms. The summed E-state index contributed by atoms with van der Waals surface area (Å²) in [6, 6.07) is 11.8. The van der Waals surface area contributed by atoms with Crippen LogP contribution in [0.1, 0.15) is 12.0 Å². The lowest BCUT2D eigenvalue weighted by Crippen LogP contribution is -2.47. The van der Waals surface area contributed by atoms with Gasteiger partial charge in [0.1, 0.15) is 11.6 Å². The first-order valence-corrected chi connectivity index (χ1v) is 11.2. The van der Waals surface area contributed by atoms with E-state index in [0.717, 1.165) is 13.1 Å². The average Bonchev–Trinajstić information content (AvgIpc) is 2.78. The van der Waals surface area contributed by atoms with Crippen LogP contribution in [0.5, 0.6) is 5.75 Å². The Labute approximate surface area is 176 Å². The molecule has 1 heterocycles. The van der Waals surface area contributed by atoms with Gasteiger partial charge in [-0.1, -0.05) is 12.1 Å². The number of hydrogen-bond acceptors (Lipinski definition) is 5. The normalized spacial score (nSPS) is 14.7. The maximum atomic E-state index is 13.3. The minimum atomic E-state index is -3.86. The van der Waals surface area contributed by atoms with Crippen molar-refractivity contribution < 1.29 is 22.3 Å². The minimum absolute atomic E-state index is 0.0362. The predicted octanol–water partition coefficient (Wildman–Crippen LogP) is 1.85. The van der Waals surface area contributed by atoms with Crippen molar-refractivity contribution in [2.45, 2.75) is 17.9 Å². The zero-order valence-electron chi connectivity index (χ0n) is 16.9. The van der Waals surface area contributed by atoms with Crippen LogP contribution >= 0.6 is 0 Å². The van der Waals surface area contributed by atoms with Crippen molar-refractivity contribution in [3.8, 4) is 5.75 Å². The first-order chi connectivity index (χ1) is 14.4. The molecule has 1 aliphatic heterocycles. The average molecular weight is 436 g/mol. The summed E-state index contributed by atoms with van der Waals surface area (Å²) in [5.74, 6) is 0.0793. The van der Waals surface area contributed by atoms with Gasteiger partial charge in [0.2, 0.25) is 15.9 Å². The zero-order chi connectivity index (χ0) is 21.6. The van der Waals surface area contributed by atoms with E-state index in [1.165, 1.54) is 35.7 Å². The van der Waals surface area contributed by atoms with Gasteiger partial charge in [-0.25, -0.2) is 12.8 Å². The van der Waals surface area contributed by atoms with Crippen LogP contribution in [0.25, 0.3) is 0 Å². The molecule has 3 rings (SSSR count). The number of halogens is 1. The summed E-state index contributed by atoms with van der Waals surface area (Å²) in [6.45, 7) is 2.77. The van der Waals surface area contributed by atoms with Crippen LogP contribution in [-0.2, 0) is 21.4 Å². The highest BCUT2D eigenvalue weighted by atomic mass is 32.2. The van der Waals surface area contributed by atoms with Gasteiger partial charge in [0.15, 0.2) is 0 Å². The lowest BCUT2D eigenvalue weighted by molar-refractivity contribution is -0.131. The van der Waals surface area contributed by atoms with E-state index in [4.69, 9.17) is 4.74 Å². The van der Waals surface area contributed by atoms with Gasteiger partial charge in [0, 0.05) is 45.7 Å². The number of hydrogen-bond donors (Lipinski definition) is 1. The standard InChI is InChI=1S/C21H26FN3O4S/c1-29-19-6-8-20(9-7-19)30(27,28)25(16-17-2-4-18(22)5-3-17)13-10-21(26)24-14-11-23-12-15-24/h2-9,23H,10-16H2,1H3. The Balaban J connectivity index is 1.79. The van der Waals surface area contributed by atoms with E-state index in [0.29, 0.717) is 24.4 Å². The number of rotatable bonds is 8. The number of benzene rings is 2. The molecule has 7 nitrogen and oxygen atoms in total. The Morgan fingerprint density at radius 2 is 1.73 bits per heavy atom. The van der Waals surface area contributed by atoms with Crippen molar-refractivity contribution in [3.63, 3.8) is 0 Å². The number of piperazine rings is 1. The van der Waals surface area contributed by atoms with Gasteiger partial charge in [0.25, 0.3) is 0 Å². The Morgan fingerprint density at radius 3 is 2.33 bits per heavy atom. The molecule has 0 bridgehead atoms. The quantitative estimate of drug-likeness (QED) is 0.685. The molecule has 0 radical (unpaired) electrons. The van der Waals surface area contributed by atoms with Gasteiger partial charge in [0.05, 0.1) is 12.0 Å². The second-order valence-corrected chi connectivity index (χ2v) is 8.96. The fourth-order valence-corrected chi connectivity index (χ4v) is 4.70. The first-order valence-electron chi connectivity index (χ1n) is 9.77. The number of amides is 1. The van der Waals surface area contributed by atoms with E-state index in [2.05, 4.69) is 5.32 Å². The first kappa shape index (κ1) is 22.2. The molecule has 1 aliphatic rings. The number of carbonyl (C=O) groups is 1. The van der Waals surface area contributed by atoms with Crippen molar-refractivity contribution >= 4 is 15.9 Å². The van der Waals surface area contributed by atoms with Crippen LogP contribution < -0.4 is 10.1 Å². The van der Waals surface area contributed by atoms with E-state index < -0.39 is 15.8 Å². The zero-order valence-corrected chi connectivity index (χ0v) is 17.7. The third kappa shape index (κ3) is 5.56. The van der Waals surface area contributed by atoms with E-state index in [-0.39, 0.29) is 30.3 Å². The topological polar surface area (TPSA) is 79.0 Å². The van der Waals surface area contributed by atoms with Gasteiger partial charge in [-0.2, -0.15) is 4.31 Å². The molecule has 2 aromatic rings. The highest BCUT2D eigenvalue weighted by Crippen LogP contribution is 2.22. The Kier molecular flexibility index (Phi) is 7.41. The smallest absolute Gasteiger partial charge is 0.243 e. The summed E-state index contributed by atoms with van der Waals surface area (Å²) < 4.78 is 46.2. The van der Waals surface area contributed by atoms with Gasteiger partial charge in [-0.3, -0.25) is 4.79 Å². The molecule has 9 heteroatoms. The Morgan fingerprint density at radius 1 is 1.10 bits per heavy atom. The van der Waals surface area contributed by atoms with E-state index in [9.17, 15) is 17.6 Å². The summed E-state index contributed by atoms with van der Waals surface area (Å²) in [6.07, 6.45) is 0.0799. The van der Waals surface area contributed by atoms with Crippen molar-refractivity contribution in [1.29, 1.82) is 0 Å². The third-order valence-electron chi connectivity index (χ3n) is 5.01. The van der Waals surface area contributed by atoms with Crippen LogP contribution in [0.4, 0.5) is 4.39 Å². The molecular weight excluding hydrogens is 409 g/mol. The lowest BCUT2D eigenvalue weighted by atomic mass is 10.2. The molecule has 0 aromatic heterocycles. The number of nitrogens with one attached hydrogen (secondary N) is 1. The Hall–Kier alpha value is -2.49. The van der Waals surface area contributed by atoms with Gasteiger partial charge >= 0.3 is 0 Å². The second kappa shape index (κ2) is 10.0. The molecule has 0 spiro atoms. The molecular formula is C21H26FN3O4S. The minimum Gasteiger partial charge on any atom is -0.497 e. The molecule has 162 valence electrons. The fraction of sp³-hybridized carbons (Fsp3) is 0.381. The summed E-state index contributed by atoms with van der Waals surface area (Å²) in [5.41, 5.74) is 0.642. The lowest BCUT2D eigenvalue weighted by Gasteiger charge is -2.29. The van der Waals surface area contributed by atoms with Gasteiger partial charge in [-0.05, 0) is 42.0 Å². The van der Waals surface area contributed by atoms with Crippen LogP contribution in [-0.4, -0.2) is 63.4 Å². The summed E-state index contributed by atoms with van der Waals surface area (Å²) in [7, 11) is -2.35. The highest BCUT2D eigenvalue weighted by Gasteiger charge is 2.26. The van der Waals surface area contributed by atoms with Crippen molar-refractivity contribution in [1.82, 2.24) is 14.5 Å². The molecule has 2 aromatic carbocycles. The number of nitrogens with zero attached hydrogens (tertiary/aromatic N) is 2. The largest absolute Gasteiger partial charge is 0.497 e. The monoisotopic (exact) mass is 435 g/mol. The maximum absolute atomic E-state index is 13.3. The van der Waals surface area contributed by atoms with Gasteiger partial charge in [-0.15, -0.1) is 0 Å².